The molecule has 0 atom stereocenters. The van der Waals surface area contributed by atoms with Crippen LogP contribution in [0.3, 0.4) is 0 Å². The lowest BCUT2D eigenvalue weighted by molar-refractivity contribution is -0.132. The third kappa shape index (κ3) is 5.91. The molecule has 4 nitrogen and oxygen atoms in total. The average Bonchev–Trinajstić information content (AvgIpc) is 2.72. The maximum Gasteiger partial charge on any atom is 0.222 e. The van der Waals surface area contributed by atoms with Gasteiger partial charge in [0.2, 0.25) is 11.8 Å². The number of carbonyl (C=O) groups excluding carboxylic acids is 2. The Morgan fingerprint density at radius 2 is 1.71 bits per heavy atom. The van der Waals surface area contributed by atoms with Crippen molar-refractivity contribution in [1.29, 1.82) is 0 Å². The summed E-state index contributed by atoms with van der Waals surface area (Å²) in [6.07, 6.45) is 3.86. The first-order valence-electron chi connectivity index (χ1n) is 9.97. The summed E-state index contributed by atoms with van der Waals surface area (Å²) in [7, 11) is 0. The van der Waals surface area contributed by atoms with Crippen molar-refractivity contribution in [2.75, 3.05) is 13.1 Å². The molecule has 2 amide bonds. The van der Waals surface area contributed by atoms with Gasteiger partial charge in [-0.2, -0.15) is 0 Å². The summed E-state index contributed by atoms with van der Waals surface area (Å²) in [4.78, 5) is 26.2. The lowest BCUT2D eigenvalue weighted by atomic mass is 9.99. The molecule has 2 aromatic carbocycles. The van der Waals surface area contributed by atoms with Gasteiger partial charge in [-0.25, -0.2) is 4.39 Å². The van der Waals surface area contributed by atoms with Crippen molar-refractivity contribution in [2.24, 2.45) is 0 Å². The van der Waals surface area contributed by atoms with Crippen molar-refractivity contribution in [2.45, 2.75) is 45.1 Å². The summed E-state index contributed by atoms with van der Waals surface area (Å²) in [5.41, 5.74) is 3.61. The topological polar surface area (TPSA) is 49.4 Å². The fourth-order valence-electron chi connectivity index (χ4n) is 3.53. The second-order valence-electron chi connectivity index (χ2n) is 7.27. The van der Waals surface area contributed by atoms with Crippen LogP contribution in [0.5, 0.6) is 0 Å². The Kier molecular flexibility index (Phi) is 7.18. The number of halogens is 1. The van der Waals surface area contributed by atoms with Crippen LogP contribution < -0.4 is 5.32 Å². The van der Waals surface area contributed by atoms with Gasteiger partial charge in [-0.3, -0.25) is 9.59 Å². The summed E-state index contributed by atoms with van der Waals surface area (Å²) in [5, 5.41) is 2.89. The van der Waals surface area contributed by atoms with Crippen molar-refractivity contribution in [1.82, 2.24) is 10.2 Å². The van der Waals surface area contributed by atoms with Crippen LogP contribution in [-0.4, -0.2) is 29.8 Å². The second-order valence-corrected chi connectivity index (χ2v) is 7.27. The Morgan fingerprint density at radius 1 is 0.964 bits per heavy atom. The third-order valence-electron chi connectivity index (χ3n) is 5.16. The van der Waals surface area contributed by atoms with Gasteiger partial charge in [-0.05, 0) is 54.5 Å². The van der Waals surface area contributed by atoms with E-state index < -0.39 is 0 Å². The number of amides is 2. The van der Waals surface area contributed by atoms with E-state index >= 15 is 0 Å². The molecule has 1 heterocycles. The molecule has 0 radical (unpaired) electrons. The molecule has 0 bridgehead atoms. The summed E-state index contributed by atoms with van der Waals surface area (Å²) >= 11 is 0. The zero-order valence-electron chi connectivity index (χ0n) is 16.1. The van der Waals surface area contributed by atoms with Crippen molar-refractivity contribution < 1.29 is 14.0 Å². The Bertz CT molecular complexity index is 805. The molecular formula is C23H27FN2O2. The van der Waals surface area contributed by atoms with Crippen molar-refractivity contribution in [3.05, 3.63) is 71.0 Å². The SMILES string of the molecule is O=C(CCCC(=O)N1CCc2ccccc2C1)NCCCc1ccc(F)cc1. The minimum atomic E-state index is -0.236. The van der Waals surface area contributed by atoms with E-state index in [2.05, 4.69) is 17.4 Å². The molecule has 0 spiro atoms. The number of fused-ring (bicyclic) bond motifs is 1. The highest BCUT2D eigenvalue weighted by Gasteiger charge is 2.20. The van der Waals surface area contributed by atoms with Crippen LogP contribution in [-0.2, 0) is 29.0 Å². The molecule has 1 aliphatic heterocycles. The summed E-state index contributed by atoms with van der Waals surface area (Å²) in [5.74, 6) is -0.130. The molecule has 0 fully saturated rings. The van der Waals surface area contributed by atoms with Gasteiger partial charge in [0.1, 0.15) is 5.82 Å². The van der Waals surface area contributed by atoms with Gasteiger partial charge in [0.05, 0.1) is 0 Å². The molecule has 0 saturated heterocycles. The second kappa shape index (κ2) is 10.0. The molecule has 28 heavy (non-hydrogen) atoms. The van der Waals surface area contributed by atoms with Crippen LogP contribution in [0, 0.1) is 5.82 Å². The molecule has 5 heteroatoms. The van der Waals surface area contributed by atoms with E-state index in [9.17, 15) is 14.0 Å². The molecule has 0 aromatic heterocycles. The van der Waals surface area contributed by atoms with Gasteiger partial charge in [0, 0.05) is 32.5 Å². The number of nitrogens with one attached hydrogen (secondary N) is 1. The molecule has 1 aliphatic rings. The third-order valence-corrected chi connectivity index (χ3v) is 5.16. The Hall–Kier alpha value is -2.69. The summed E-state index contributed by atoms with van der Waals surface area (Å²) in [6.45, 7) is 2.02. The van der Waals surface area contributed by atoms with Crippen LogP contribution in [0.25, 0.3) is 0 Å². The lowest BCUT2D eigenvalue weighted by Gasteiger charge is -2.29. The molecule has 0 aliphatic carbocycles. The highest BCUT2D eigenvalue weighted by atomic mass is 19.1. The Morgan fingerprint density at radius 3 is 2.50 bits per heavy atom. The standard InChI is InChI=1S/C23H27FN2O2/c24-21-12-10-18(11-13-21)5-4-15-25-22(27)8-3-9-23(28)26-16-14-19-6-1-2-7-20(19)17-26/h1-2,6-7,10-13H,3-5,8-9,14-17H2,(H,25,27). The molecule has 0 unspecified atom stereocenters. The van der Waals surface area contributed by atoms with E-state index in [0.717, 1.165) is 31.4 Å². The maximum absolute atomic E-state index is 12.9. The van der Waals surface area contributed by atoms with E-state index in [1.807, 2.05) is 17.0 Å². The summed E-state index contributed by atoms with van der Waals surface area (Å²) in [6, 6.07) is 14.7. The lowest BCUT2D eigenvalue weighted by Crippen LogP contribution is -2.36. The zero-order valence-corrected chi connectivity index (χ0v) is 16.1. The number of aryl methyl sites for hydroxylation is 1. The quantitative estimate of drug-likeness (QED) is 0.709. The first-order valence-corrected chi connectivity index (χ1v) is 9.97. The van der Waals surface area contributed by atoms with Crippen LogP contribution in [0.15, 0.2) is 48.5 Å². The van der Waals surface area contributed by atoms with Crippen LogP contribution in [0.2, 0.25) is 0 Å². The number of rotatable bonds is 8. The fourth-order valence-corrected chi connectivity index (χ4v) is 3.53. The predicted octanol–water partition coefficient (Wildman–Crippen LogP) is 3.63. The number of hydrogen-bond acceptors (Lipinski definition) is 2. The highest BCUT2D eigenvalue weighted by molar-refractivity contribution is 5.79. The van der Waals surface area contributed by atoms with E-state index in [0.29, 0.717) is 32.4 Å². The number of nitrogens with zero attached hydrogens (tertiary/aromatic N) is 1. The number of hydrogen-bond donors (Lipinski definition) is 1. The minimum Gasteiger partial charge on any atom is -0.356 e. The molecule has 0 saturated carbocycles. The van der Waals surface area contributed by atoms with Gasteiger partial charge in [0.25, 0.3) is 0 Å². The average molecular weight is 382 g/mol. The normalized spacial score (nSPS) is 13.1. The number of benzene rings is 2. The van der Waals surface area contributed by atoms with Gasteiger partial charge in [0.15, 0.2) is 0 Å². The molecule has 1 N–H and O–H groups in total. The van der Waals surface area contributed by atoms with Gasteiger partial charge in [-0.15, -0.1) is 0 Å². The van der Waals surface area contributed by atoms with E-state index in [1.54, 1.807) is 12.1 Å². The van der Waals surface area contributed by atoms with Crippen LogP contribution in [0.4, 0.5) is 4.39 Å². The van der Waals surface area contributed by atoms with Crippen molar-refractivity contribution >= 4 is 11.8 Å². The van der Waals surface area contributed by atoms with Crippen LogP contribution in [0.1, 0.15) is 42.4 Å². The molecule has 148 valence electrons. The van der Waals surface area contributed by atoms with E-state index in [4.69, 9.17) is 0 Å². The van der Waals surface area contributed by atoms with Crippen molar-refractivity contribution in [3.8, 4) is 0 Å². The highest BCUT2D eigenvalue weighted by Crippen LogP contribution is 2.19. The maximum atomic E-state index is 12.9. The summed E-state index contributed by atoms with van der Waals surface area (Å²) < 4.78 is 12.9. The predicted molar refractivity (Wildman–Crippen MR) is 107 cm³/mol. The van der Waals surface area contributed by atoms with Gasteiger partial charge >= 0.3 is 0 Å². The monoisotopic (exact) mass is 382 g/mol. The fraction of sp³-hybridized carbons (Fsp3) is 0.391. The van der Waals surface area contributed by atoms with E-state index in [-0.39, 0.29) is 17.6 Å². The first-order chi connectivity index (χ1) is 13.6. The first kappa shape index (κ1) is 20.1. The molecular weight excluding hydrogens is 355 g/mol. The van der Waals surface area contributed by atoms with Gasteiger partial charge in [-0.1, -0.05) is 36.4 Å². The van der Waals surface area contributed by atoms with Crippen LogP contribution >= 0.6 is 0 Å². The smallest absolute Gasteiger partial charge is 0.222 e. The minimum absolute atomic E-state index is 0.0177. The Balaban J connectivity index is 1.29. The van der Waals surface area contributed by atoms with Gasteiger partial charge < -0.3 is 10.2 Å². The van der Waals surface area contributed by atoms with Crippen molar-refractivity contribution in [3.63, 3.8) is 0 Å². The van der Waals surface area contributed by atoms with E-state index in [1.165, 1.54) is 23.3 Å². The Labute approximate surface area is 165 Å². The largest absolute Gasteiger partial charge is 0.356 e. The zero-order chi connectivity index (χ0) is 19.8. The molecule has 2 aromatic rings. The number of carbonyl (C=O) groups is 2. The molecule has 3 rings (SSSR count).